The molecule has 0 aliphatic carbocycles. The van der Waals surface area contributed by atoms with Crippen LogP contribution in [0.25, 0.3) is 22.4 Å². The van der Waals surface area contributed by atoms with Gasteiger partial charge >= 0.3 is 35.5 Å². The third-order valence-corrected chi connectivity index (χ3v) is 9.77. The van der Waals surface area contributed by atoms with E-state index in [1.807, 2.05) is 55.7 Å². The van der Waals surface area contributed by atoms with Crippen LogP contribution in [0.2, 0.25) is 0 Å². The number of carbonyl (C=O) groups is 1. The molecule has 42 heavy (non-hydrogen) atoms. The Labute approximate surface area is 269 Å². The third-order valence-electron chi connectivity index (χ3n) is 7.68. The summed E-state index contributed by atoms with van der Waals surface area (Å²) >= 11 is 0. The second-order valence-electron chi connectivity index (χ2n) is 11.2. The van der Waals surface area contributed by atoms with Gasteiger partial charge in [-0.05, 0) is 73.9 Å². The van der Waals surface area contributed by atoms with Gasteiger partial charge in [0, 0.05) is 30.4 Å². The molecule has 224 valence electrons. The fourth-order valence-corrected chi connectivity index (χ4v) is 8.10. The van der Waals surface area contributed by atoms with E-state index in [1.54, 1.807) is 16.4 Å². The normalized spacial score (nSPS) is 17.3. The van der Waals surface area contributed by atoms with Gasteiger partial charge in [0.25, 0.3) is 0 Å². The summed E-state index contributed by atoms with van der Waals surface area (Å²) in [5, 5.41) is 29.8. The first-order chi connectivity index (χ1) is 19.4. The Hall–Kier alpha value is -2.05. The molecule has 0 radical (unpaired) electrons. The van der Waals surface area contributed by atoms with Gasteiger partial charge in [0.15, 0.2) is 0 Å². The van der Waals surface area contributed by atoms with Crippen LogP contribution in [-0.2, 0) is 21.4 Å². The van der Waals surface area contributed by atoms with E-state index in [0.717, 1.165) is 12.8 Å². The van der Waals surface area contributed by atoms with Gasteiger partial charge in [0.2, 0.25) is 10.0 Å². The van der Waals surface area contributed by atoms with Crippen molar-refractivity contribution in [1.82, 2.24) is 8.87 Å². The minimum absolute atomic E-state index is 0. The van der Waals surface area contributed by atoms with Gasteiger partial charge in [-0.3, -0.25) is 4.79 Å². The molecular formula is C31H40FN2NaO6S. The number of hydrogen-bond acceptors (Lipinski definition) is 5. The van der Waals surface area contributed by atoms with E-state index in [4.69, 9.17) is 5.11 Å². The molecule has 2 aromatic carbocycles. The number of sulfonamides is 1. The third kappa shape index (κ3) is 7.53. The van der Waals surface area contributed by atoms with Crippen LogP contribution in [0.3, 0.4) is 0 Å². The van der Waals surface area contributed by atoms with Crippen LogP contribution in [0.1, 0.15) is 64.5 Å². The van der Waals surface area contributed by atoms with Crippen molar-refractivity contribution < 1.29 is 32.9 Å². The molecule has 11 heteroatoms. The molecule has 8 nitrogen and oxygen atoms in total. The summed E-state index contributed by atoms with van der Waals surface area (Å²) in [7, 11) is -3.96. The minimum atomic E-state index is -3.96. The van der Waals surface area contributed by atoms with E-state index in [-0.39, 0.29) is 65.8 Å². The van der Waals surface area contributed by atoms with Gasteiger partial charge < -0.3 is 19.9 Å². The molecule has 2 heterocycles. The maximum absolute atomic E-state index is 14.5. The summed E-state index contributed by atoms with van der Waals surface area (Å²) in [4.78, 5) is 11.2. The van der Waals surface area contributed by atoms with Crippen molar-refractivity contribution >= 4 is 45.5 Å². The maximum atomic E-state index is 14.5. The molecule has 1 saturated heterocycles. The summed E-state index contributed by atoms with van der Waals surface area (Å²) in [6, 6.07) is 15.0. The number of aliphatic carboxylic acids is 1. The number of rotatable bonds is 12. The molecule has 3 aromatic rings. The molecule has 1 unspecified atom stereocenters. The zero-order chi connectivity index (χ0) is 29.9. The van der Waals surface area contributed by atoms with Gasteiger partial charge in [0.05, 0.1) is 24.3 Å². The number of aliphatic hydroxyl groups excluding tert-OH is 2. The van der Waals surface area contributed by atoms with E-state index in [0.29, 0.717) is 34.6 Å². The number of hydrogen-bond donors (Lipinski definition) is 3. The van der Waals surface area contributed by atoms with Crippen LogP contribution in [0.15, 0.2) is 59.5 Å². The Morgan fingerprint density at radius 2 is 1.67 bits per heavy atom. The number of aliphatic hydroxyl groups is 2. The standard InChI is InChI=1S/C31H39FN2O6S.Na.H/c1-20(2)29-31(41(39,40)34-16-7-8-21(34)3)28(22-9-5-4-6-10-22)30(23-11-13-24(32)14-12-23)33(29)17-15-25(35)18-26(36)19-27(37)38;;/h4-6,9-14,20-21,25-26,35-36H,7-8,15-19H2,1-3H3,(H,37,38);;/t21?,25-,26-;;/m1../s1. The summed E-state index contributed by atoms with van der Waals surface area (Å²) in [6.07, 6.45) is -1.15. The predicted octanol–water partition coefficient (Wildman–Crippen LogP) is 4.59. The summed E-state index contributed by atoms with van der Waals surface area (Å²) in [6.45, 7) is 6.39. The van der Waals surface area contributed by atoms with Gasteiger partial charge in [-0.15, -0.1) is 0 Å². The molecule has 1 aromatic heterocycles. The van der Waals surface area contributed by atoms with Crippen molar-refractivity contribution in [2.24, 2.45) is 0 Å². The number of nitrogens with zero attached hydrogens (tertiary/aromatic N) is 2. The topological polar surface area (TPSA) is 120 Å². The Bertz CT molecular complexity index is 1460. The Balaban J connectivity index is 0.00000484. The van der Waals surface area contributed by atoms with Crippen molar-refractivity contribution in [2.75, 3.05) is 6.54 Å². The molecule has 1 fully saturated rings. The van der Waals surface area contributed by atoms with Gasteiger partial charge in [-0.2, -0.15) is 4.31 Å². The van der Waals surface area contributed by atoms with Crippen molar-refractivity contribution in [3.05, 3.63) is 66.1 Å². The summed E-state index contributed by atoms with van der Waals surface area (Å²) in [5.74, 6) is -1.81. The molecule has 1 aliphatic rings. The van der Waals surface area contributed by atoms with Crippen LogP contribution in [0, 0.1) is 5.82 Å². The quantitative estimate of drug-likeness (QED) is 0.258. The van der Waals surface area contributed by atoms with Crippen LogP contribution < -0.4 is 0 Å². The average Bonchev–Trinajstić information content (AvgIpc) is 3.50. The van der Waals surface area contributed by atoms with Crippen LogP contribution >= 0.6 is 0 Å². The first-order valence-corrected chi connectivity index (χ1v) is 15.5. The van der Waals surface area contributed by atoms with Crippen molar-refractivity contribution in [1.29, 1.82) is 0 Å². The Morgan fingerprint density at radius 1 is 1.02 bits per heavy atom. The fourth-order valence-electron chi connectivity index (χ4n) is 5.84. The fraction of sp³-hybridized carbons (Fsp3) is 0.452. The van der Waals surface area contributed by atoms with Gasteiger partial charge in [0.1, 0.15) is 10.7 Å². The van der Waals surface area contributed by atoms with E-state index < -0.39 is 40.4 Å². The predicted molar refractivity (Wildman–Crippen MR) is 163 cm³/mol. The summed E-state index contributed by atoms with van der Waals surface area (Å²) < 4.78 is 46.5. The van der Waals surface area contributed by atoms with E-state index >= 15 is 0 Å². The second-order valence-corrected chi connectivity index (χ2v) is 13.0. The molecule has 0 saturated carbocycles. The molecular weight excluding hydrogens is 570 g/mol. The number of halogens is 1. The zero-order valence-corrected chi connectivity index (χ0v) is 24.5. The van der Waals surface area contributed by atoms with Crippen molar-refractivity contribution in [2.45, 2.75) is 88.5 Å². The first kappa shape index (κ1) is 34.4. The number of aromatic nitrogens is 1. The molecule has 1 aliphatic heterocycles. The molecule has 3 N–H and O–H groups in total. The Morgan fingerprint density at radius 3 is 2.21 bits per heavy atom. The average molecular weight is 611 g/mol. The number of benzene rings is 2. The molecule has 3 atom stereocenters. The van der Waals surface area contributed by atoms with E-state index in [2.05, 4.69) is 0 Å². The summed E-state index contributed by atoms with van der Waals surface area (Å²) in [5.41, 5.74) is 3.04. The Kier molecular flexibility index (Phi) is 12.0. The van der Waals surface area contributed by atoms with Crippen LogP contribution in [0.4, 0.5) is 4.39 Å². The number of carboxylic acid groups (broad SMARTS) is 1. The zero-order valence-electron chi connectivity index (χ0n) is 23.7. The van der Waals surface area contributed by atoms with E-state index in [1.165, 1.54) is 12.1 Å². The van der Waals surface area contributed by atoms with Crippen LogP contribution in [0.5, 0.6) is 0 Å². The van der Waals surface area contributed by atoms with Crippen LogP contribution in [-0.4, -0.2) is 92.9 Å². The molecule has 0 amide bonds. The SMILES string of the molecule is CC(C)c1c(S(=O)(=O)N2CCCC2C)c(-c2ccccc2)c(-c2ccc(F)cc2)n1CC[C@@H](O)C[C@@H](O)CC(=O)O.[NaH]. The van der Waals surface area contributed by atoms with Gasteiger partial charge in [-0.25, -0.2) is 12.8 Å². The molecule has 0 spiro atoms. The first-order valence-electron chi connectivity index (χ1n) is 14.1. The van der Waals surface area contributed by atoms with Crippen molar-refractivity contribution in [3.63, 3.8) is 0 Å². The monoisotopic (exact) mass is 610 g/mol. The van der Waals surface area contributed by atoms with Crippen molar-refractivity contribution in [3.8, 4) is 22.4 Å². The molecule has 0 bridgehead atoms. The van der Waals surface area contributed by atoms with E-state index in [9.17, 15) is 27.8 Å². The second kappa shape index (κ2) is 14.6. The number of carboxylic acids is 1. The van der Waals surface area contributed by atoms with Gasteiger partial charge in [-0.1, -0.05) is 44.2 Å². The molecule has 4 rings (SSSR count).